The summed E-state index contributed by atoms with van der Waals surface area (Å²) in [5.74, 6) is 0.666. The molecule has 37 heavy (non-hydrogen) atoms. The van der Waals surface area contributed by atoms with Crippen LogP contribution in [-0.2, 0) is 22.5 Å². The number of amides is 1. The van der Waals surface area contributed by atoms with Crippen LogP contribution in [0.2, 0.25) is 5.02 Å². The van der Waals surface area contributed by atoms with Crippen molar-refractivity contribution in [1.29, 1.82) is 0 Å². The molecule has 1 N–H and O–H groups in total. The Balaban J connectivity index is 1.74. The number of carbonyl (C=O) groups is 2. The lowest BCUT2D eigenvalue weighted by molar-refractivity contribution is -0.113. The molecule has 1 aromatic carbocycles. The average molecular weight is 563 g/mol. The quantitative estimate of drug-likeness (QED) is 0.166. The number of benzene rings is 1. The molecule has 3 aromatic rings. The number of hydrogen-bond donors (Lipinski definition) is 1. The normalized spacial score (nSPS) is 11.8. The highest BCUT2D eigenvalue weighted by molar-refractivity contribution is 7.99. The number of nitrogens with one attached hydrogen (secondary N) is 1. The number of esters is 1. The number of aryl methyl sites for hydroxylation is 3. The lowest BCUT2D eigenvalue weighted by Gasteiger charge is -2.17. The summed E-state index contributed by atoms with van der Waals surface area (Å²) in [6.45, 7) is 13.9. The van der Waals surface area contributed by atoms with Gasteiger partial charge in [-0.25, -0.2) is 4.79 Å². The number of ether oxygens (including phenoxy) is 2. The number of thiophene rings is 1. The Morgan fingerprint density at radius 3 is 2.54 bits per heavy atom. The van der Waals surface area contributed by atoms with E-state index in [1.807, 2.05) is 51.3 Å². The fraction of sp³-hybridized carbons (Fsp3) is 0.385. The number of halogens is 1. The molecule has 198 valence electrons. The SMILES string of the molecule is C=CCn1c(SCC(=O)Nc2sc(C)c(CC)c2C(=O)OC)nnc1C(C)Oc1cc(C)c(Cl)c(C)c1. The van der Waals surface area contributed by atoms with Crippen molar-refractivity contribution in [1.82, 2.24) is 14.8 Å². The Morgan fingerprint density at radius 1 is 1.27 bits per heavy atom. The second-order valence-electron chi connectivity index (χ2n) is 8.39. The second kappa shape index (κ2) is 12.6. The van der Waals surface area contributed by atoms with Crippen LogP contribution in [0.4, 0.5) is 5.00 Å². The molecule has 1 amide bonds. The monoisotopic (exact) mass is 562 g/mol. The van der Waals surface area contributed by atoms with Crippen molar-refractivity contribution >= 4 is 51.6 Å². The van der Waals surface area contributed by atoms with Crippen molar-refractivity contribution in [2.75, 3.05) is 18.2 Å². The van der Waals surface area contributed by atoms with Gasteiger partial charge in [-0.15, -0.1) is 28.1 Å². The molecular formula is C26H31ClN4O4S2. The van der Waals surface area contributed by atoms with E-state index in [0.717, 1.165) is 21.6 Å². The van der Waals surface area contributed by atoms with Gasteiger partial charge < -0.3 is 14.8 Å². The lowest BCUT2D eigenvalue weighted by atomic mass is 10.1. The number of thioether (sulfide) groups is 1. The predicted octanol–water partition coefficient (Wildman–Crippen LogP) is 6.32. The van der Waals surface area contributed by atoms with Gasteiger partial charge in [-0.1, -0.05) is 36.4 Å². The van der Waals surface area contributed by atoms with Crippen LogP contribution in [0, 0.1) is 20.8 Å². The molecule has 0 bridgehead atoms. The molecule has 0 radical (unpaired) electrons. The first-order chi connectivity index (χ1) is 17.6. The lowest BCUT2D eigenvalue weighted by Crippen LogP contribution is -2.17. The fourth-order valence-corrected chi connectivity index (χ4v) is 5.96. The molecule has 0 aliphatic carbocycles. The summed E-state index contributed by atoms with van der Waals surface area (Å²) in [5.41, 5.74) is 3.17. The first-order valence-electron chi connectivity index (χ1n) is 11.7. The molecule has 0 fully saturated rings. The van der Waals surface area contributed by atoms with E-state index in [0.29, 0.717) is 45.3 Å². The highest BCUT2D eigenvalue weighted by atomic mass is 35.5. The van der Waals surface area contributed by atoms with Gasteiger partial charge in [0.1, 0.15) is 10.8 Å². The fourth-order valence-electron chi connectivity index (χ4n) is 3.94. The number of allylic oxidation sites excluding steroid dienone is 1. The zero-order valence-electron chi connectivity index (χ0n) is 21.8. The first-order valence-corrected chi connectivity index (χ1v) is 13.9. The molecule has 11 heteroatoms. The minimum Gasteiger partial charge on any atom is -0.483 e. The van der Waals surface area contributed by atoms with Gasteiger partial charge in [0.2, 0.25) is 5.91 Å². The molecule has 1 unspecified atom stereocenters. The molecule has 8 nitrogen and oxygen atoms in total. The molecule has 0 spiro atoms. The summed E-state index contributed by atoms with van der Waals surface area (Å²) in [7, 11) is 1.33. The van der Waals surface area contributed by atoms with Gasteiger partial charge in [0, 0.05) is 16.4 Å². The summed E-state index contributed by atoms with van der Waals surface area (Å²) in [5, 5.41) is 13.3. The molecule has 3 rings (SSSR count). The summed E-state index contributed by atoms with van der Waals surface area (Å²) < 4.78 is 13.0. The number of methoxy groups -OCH3 is 1. The van der Waals surface area contributed by atoms with Crippen LogP contribution in [0.15, 0.2) is 29.9 Å². The number of carbonyl (C=O) groups excluding carboxylic acids is 2. The maximum absolute atomic E-state index is 12.8. The minimum absolute atomic E-state index is 0.0824. The molecular weight excluding hydrogens is 532 g/mol. The predicted molar refractivity (Wildman–Crippen MR) is 149 cm³/mol. The van der Waals surface area contributed by atoms with Crippen LogP contribution in [-0.4, -0.2) is 39.5 Å². The minimum atomic E-state index is -0.459. The van der Waals surface area contributed by atoms with Crippen molar-refractivity contribution in [2.45, 2.75) is 58.8 Å². The standard InChI is InChI=1S/C26H31ClN4O4S2/c1-8-10-31-23(16(5)35-18-11-14(3)22(27)15(4)12-18)29-30-26(31)36-13-20(32)28-24-21(25(33)34-7)19(9-2)17(6)37-24/h8,11-12,16H,1,9-10,13H2,2-7H3,(H,28,32). The summed E-state index contributed by atoms with van der Waals surface area (Å²) in [6, 6.07) is 3.78. The van der Waals surface area contributed by atoms with Crippen LogP contribution in [0.1, 0.15) is 57.7 Å². The third-order valence-electron chi connectivity index (χ3n) is 5.68. The van der Waals surface area contributed by atoms with E-state index in [4.69, 9.17) is 21.1 Å². The molecule has 0 saturated carbocycles. The number of rotatable bonds is 11. The maximum atomic E-state index is 12.8. The zero-order chi connectivity index (χ0) is 27.3. The molecule has 0 saturated heterocycles. The van der Waals surface area contributed by atoms with Gasteiger partial charge in [0.15, 0.2) is 17.1 Å². The van der Waals surface area contributed by atoms with Gasteiger partial charge in [-0.2, -0.15) is 0 Å². The summed E-state index contributed by atoms with van der Waals surface area (Å²) in [4.78, 5) is 26.1. The molecule has 0 aliphatic heterocycles. The first kappa shape index (κ1) is 28.7. The van der Waals surface area contributed by atoms with E-state index in [1.54, 1.807) is 6.08 Å². The van der Waals surface area contributed by atoms with Crippen LogP contribution in [0.3, 0.4) is 0 Å². The molecule has 2 heterocycles. The van der Waals surface area contributed by atoms with Crippen LogP contribution in [0.25, 0.3) is 0 Å². The van der Waals surface area contributed by atoms with E-state index in [2.05, 4.69) is 22.1 Å². The van der Waals surface area contributed by atoms with E-state index in [1.165, 1.54) is 30.2 Å². The third kappa shape index (κ3) is 6.55. The van der Waals surface area contributed by atoms with Crippen LogP contribution >= 0.6 is 34.7 Å². The van der Waals surface area contributed by atoms with Crippen molar-refractivity contribution < 1.29 is 19.1 Å². The van der Waals surface area contributed by atoms with E-state index >= 15 is 0 Å². The highest BCUT2D eigenvalue weighted by Gasteiger charge is 2.24. The second-order valence-corrected chi connectivity index (χ2v) is 10.9. The highest BCUT2D eigenvalue weighted by Crippen LogP contribution is 2.34. The summed E-state index contributed by atoms with van der Waals surface area (Å²) >= 11 is 8.90. The number of anilines is 1. The Kier molecular flexibility index (Phi) is 9.80. The topological polar surface area (TPSA) is 95.3 Å². The van der Waals surface area contributed by atoms with Crippen LogP contribution < -0.4 is 10.1 Å². The van der Waals surface area contributed by atoms with Crippen molar-refractivity contribution in [3.8, 4) is 5.75 Å². The van der Waals surface area contributed by atoms with Crippen molar-refractivity contribution in [3.63, 3.8) is 0 Å². The van der Waals surface area contributed by atoms with E-state index in [-0.39, 0.29) is 11.7 Å². The van der Waals surface area contributed by atoms with Crippen LogP contribution in [0.5, 0.6) is 5.75 Å². The molecule has 0 aliphatic rings. The van der Waals surface area contributed by atoms with Gasteiger partial charge in [-0.05, 0) is 62.9 Å². The number of nitrogens with zero attached hydrogens (tertiary/aromatic N) is 3. The van der Waals surface area contributed by atoms with Crippen molar-refractivity contribution in [2.24, 2.45) is 0 Å². The maximum Gasteiger partial charge on any atom is 0.341 e. The Bertz CT molecular complexity index is 1300. The average Bonchev–Trinajstić information content (AvgIpc) is 3.40. The Labute approximate surface area is 230 Å². The Hall–Kier alpha value is -2.82. The zero-order valence-corrected chi connectivity index (χ0v) is 24.2. The Morgan fingerprint density at radius 2 is 1.95 bits per heavy atom. The van der Waals surface area contributed by atoms with E-state index < -0.39 is 12.1 Å². The summed E-state index contributed by atoms with van der Waals surface area (Å²) in [6.07, 6.45) is 2.00. The number of hydrogen-bond acceptors (Lipinski definition) is 8. The smallest absolute Gasteiger partial charge is 0.341 e. The largest absolute Gasteiger partial charge is 0.483 e. The third-order valence-corrected chi connectivity index (χ3v) is 8.31. The van der Waals surface area contributed by atoms with Gasteiger partial charge in [0.05, 0.1) is 18.4 Å². The van der Waals surface area contributed by atoms with Gasteiger partial charge in [-0.3, -0.25) is 9.36 Å². The molecule has 1 atom stereocenters. The van der Waals surface area contributed by atoms with Gasteiger partial charge in [0.25, 0.3) is 0 Å². The molecule has 2 aromatic heterocycles. The van der Waals surface area contributed by atoms with Gasteiger partial charge >= 0.3 is 5.97 Å². The van der Waals surface area contributed by atoms with E-state index in [9.17, 15) is 9.59 Å². The number of aromatic nitrogens is 3. The van der Waals surface area contributed by atoms with Crippen molar-refractivity contribution in [3.05, 3.63) is 62.8 Å².